The number of halogens is 1. The van der Waals surface area contributed by atoms with E-state index in [2.05, 4.69) is 39.4 Å². The number of aliphatic imine (C=N–C) groups is 1. The Labute approximate surface area is 172 Å². The van der Waals surface area contributed by atoms with Gasteiger partial charge in [0.2, 0.25) is 5.88 Å². The van der Waals surface area contributed by atoms with Gasteiger partial charge in [-0.2, -0.15) is 0 Å². The highest BCUT2D eigenvalue weighted by Gasteiger charge is 2.21. The van der Waals surface area contributed by atoms with Crippen molar-refractivity contribution in [2.45, 2.75) is 45.3 Å². The molecular weight excluding hydrogens is 369 g/mol. The average Bonchev–Trinajstić information content (AvgIpc) is 2.72. The van der Waals surface area contributed by atoms with Crippen molar-refractivity contribution in [3.8, 4) is 11.6 Å². The van der Waals surface area contributed by atoms with Crippen LogP contribution in [0.4, 0.5) is 4.39 Å². The van der Waals surface area contributed by atoms with Gasteiger partial charge in [0.15, 0.2) is 5.96 Å². The van der Waals surface area contributed by atoms with Crippen LogP contribution in [-0.2, 0) is 6.54 Å². The molecule has 2 N–H and O–H groups in total. The molecule has 0 amide bonds. The molecule has 1 aliphatic rings. The van der Waals surface area contributed by atoms with E-state index in [1.54, 1.807) is 25.4 Å². The number of nitrogens with zero attached hydrogens (tertiary/aromatic N) is 3. The number of aromatic nitrogens is 1. The molecule has 1 aromatic carbocycles. The van der Waals surface area contributed by atoms with Gasteiger partial charge in [0.1, 0.15) is 11.6 Å². The fourth-order valence-corrected chi connectivity index (χ4v) is 3.42. The average molecular weight is 400 g/mol. The number of likely N-dealkylation sites (tertiary alicyclic amines) is 1. The largest absolute Gasteiger partial charge is 0.439 e. The van der Waals surface area contributed by atoms with Gasteiger partial charge < -0.3 is 20.3 Å². The van der Waals surface area contributed by atoms with E-state index in [4.69, 9.17) is 4.74 Å². The van der Waals surface area contributed by atoms with Gasteiger partial charge in [0.25, 0.3) is 0 Å². The molecule has 156 valence electrons. The third-order valence-electron chi connectivity index (χ3n) is 5.13. The number of ether oxygens (including phenoxy) is 1. The second kappa shape index (κ2) is 10.2. The Morgan fingerprint density at radius 2 is 2.07 bits per heavy atom. The van der Waals surface area contributed by atoms with Gasteiger partial charge in [-0.1, -0.05) is 12.1 Å². The summed E-state index contributed by atoms with van der Waals surface area (Å²) < 4.78 is 19.2. The van der Waals surface area contributed by atoms with Crippen LogP contribution < -0.4 is 15.4 Å². The normalized spacial score (nSPS) is 16.1. The highest BCUT2D eigenvalue weighted by Crippen LogP contribution is 2.23. The van der Waals surface area contributed by atoms with E-state index in [9.17, 15) is 4.39 Å². The summed E-state index contributed by atoms with van der Waals surface area (Å²) in [6.45, 7) is 7.18. The third kappa shape index (κ3) is 6.15. The van der Waals surface area contributed by atoms with Crippen molar-refractivity contribution in [3.63, 3.8) is 0 Å². The van der Waals surface area contributed by atoms with Crippen LogP contribution in [0, 0.1) is 5.82 Å². The van der Waals surface area contributed by atoms with Crippen LogP contribution in [0.3, 0.4) is 0 Å². The lowest BCUT2D eigenvalue weighted by atomic mass is 10.0. The van der Waals surface area contributed by atoms with E-state index in [1.165, 1.54) is 12.1 Å². The van der Waals surface area contributed by atoms with Gasteiger partial charge in [0, 0.05) is 56.6 Å². The molecule has 2 aromatic rings. The van der Waals surface area contributed by atoms with E-state index < -0.39 is 0 Å². The predicted molar refractivity (Wildman–Crippen MR) is 114 cm³/mol. The zero-order chi connectivity index (χ0) is 20.6. The smallest absolute Gasteiger partial charge is 0.224 e. The molecule has 1 aliphatic heterocycles. The Morgan fingerprint density at radius 1 is 1.28 bits per heavy atom. The van der Waals surface area contributed by atoms with Crippen molar-refractivity contribution in [2.75, 3.05) is 20.1 Å². The molecule has 1 fully saturated rings. The molecule has 7 heteroatoms. The van der Waals surface area contributed by atoms with E-state index in [-0.39, 0.29) is 5.82 Å². The molecule has 1 aromatic heterocycles. The number of guanidine groups is 1. The molecule has 0 saturated carbocycles. The zero-order valence-corrected chi connectivity index (χ0v) is 17.4. The maximum Gasteiger partial charge on any atom is 0.224 e. The third-order valence-corrected chi connectivity index (χ3v) is 5.13. The van der Waals surface area contributed by atoms with Gasteiger partial charge in [-0.15, -0.1) is 0 Å². The summed E-state index contributed by atoms with van der Waals surface area (Å²) in [7, 11) is 1.77. The Balaban J connectivity index is 1.56. The minimum absolute atomic E-state index is 0.341. The number of pyridine rings is 1. The molecule has 3 rings (SSSR count). The van der Waals surface area contributed by atoms with Crippen LogP contribution in [-0.4, -0.2) is 48.1 Å². The van der Waals surface area contributed by atoms with Crippen molar-refractivity contribution in [3.05, 3.63) is 54.0 Å². The quantitative estimate of drug-likeness (QED) is 0.575. The topological polar surface area (TPSA) is 61.8 Å². The van der Waals surface area contributed by atoms with E-state index in [1.807, 2.05) is 12.1 Å². The summed E-state index contributed by atoms with van der Waals surface area (Å²) in [6.07, 6.45) is 3.85. The molecule has 0 atom stereocenters. The molecule has 0 unspecified atom stereocenters. The Bertz CT molecular complexity index is 818. The molecule has 0 aliphatic carbocycles. The summed E-state index contributed by atoms with van der Waals surface area (Å²) >= 11 is 0. The van der Waals surface area contributed by atoms with Crippen LogP contribution in [0.1, 0.15) is 32.3 Å². The molecule has 0 bridgehead atoms. The molecule has 0 radical (unpaired) electrons. The first-order valence-corrected chi connectivity index (χ1v) is 10.1. The van der Waals surface area contributed by atoms with Gasteiger partial charge in [-0.3, -0.25) is 4.99 Å². The minimum Gasteiger partial charge on any atom is -0.439 e. The Kier molecular flexibility index (Phi) is 7.41. The van der Waals surface area contributed by atoms with Crippen LogP contribution >= 0.6 is 0 Å². The van der Waals surface area contributed by atoms with E-state index in [0.29, 0.717) is 30.3 Å². The number of hydrogen-bond acceptors (Lipinski definition) is 4. The van der Waals surface area contributed by atoms with Gasteiger partial charge in [0.05, 0.1) is 0 Å². The highest BCUT2D eigenvalue weighted by atomic mass is 19.1. The van der Waals surface area contributed by atoms with Crippen LogP contribution in [0.2, 0.25) is 0 Å². The summed E-state index contributed by atoms with van der Waals surface area (Å²) in [5, 5.41) is 6.85. The van der Waals surface area contributed by atoms with Crippen molar-refractivity contribution >= 4 is 5.96 Å². The number of hydrogen-bond donors (Lipinski definition) is 2. The van der Waals surface area contributed by atoms with Crippen LogP contribution in [0.15, 0.2) is 47.6 Å². The first kappa shape index (κ1) is 21.0. The molecule has 2 heterocycles. The van der Waals surface area contributed by atoms with Crippen molar-refractivity contribution in [2.24, 2.45) is 4.99 Å². The SMILES string of the molecule is CN=C(NCc1cccnc1Oc1cccc(F)c1)NC1CCN(C(C)C)CC1. The maximum atomic E-state index is 13.4. The second-order valence-electron chi connectivity index (χ2n) is 7.50. The fraction of sp³-hybridized carbons (Fsp3) is 0.455. The van der Waals surface area contributed by atoms with Gasteiger partial charge in [-0.05, 0) is 44.9 Å². The van der Waals surface area contributed by atoms with Crippen molar-refractivity contribution in [1.82, 2.24) is 20.5 Å². The lowest BCUT2D eigenvalue weighted by Crippen LogP contribution is -2.49. The van der Waals surface area contributed by atoms with Crippen LogP contribution in [0.5, 0.6) is 11.6 Å². The fourth-order valence-electron chi connectivity index (χ4n) is 3.42. The number of nitrogens with one attached hydrogen (secondary N) is 2. The van der Waals surface area contributed by atoms with Crippen LogP contribution in [0.25, 0.3) is 0 Å². The monoisotopic (exact) mass is 399 g/mol. The number of benzene rings is 1. The molecule has 0 spiro atoms. The van der Waals surface area contributed by atoms with E-state index >= 15 is 0 Å². The minimum atomic E-state index is -0.341. The highest BCUT2D eigenvalue weighted by molar-refractivity contribution is 5.80. The second-order valence-corrected chi connectivity index (χ2v) is 7.50. The molecule has 29 heavy (non-hydrogen) atoms. The number of piperidine rings is 1. The summed E-state index contributed by atoms with van der Waals surface area (Å²) in [6, 6.07) is 10.8. The summed E-state index contributed by atoms with van der Waals surface area (Å²) in [5.41, 5.74) is 0.870. The maximum absolute atomic E-state index is 13.4. The Morgan fingerprint density at radius 3 is 2.76 bits per heavy atom. The molecule has 6 nitrogen and oxygen atoms in total. The standard InChI is InChI=1S/C22H30FN5O/c1-16(2)28-12-9-19(10-13-28)27-22(24-3)26-15-17-6-5-11-25-21(17)29-20-8-4-7-18(23)14-20/h4-8,11,14,16,19H,9-10,12-13,15H2,1-3H3,(H2,24,26,27). The lowest BCUT2D eigenvalue weighted by Gasteiger charge is -2.35. The zero-order valence-electron chi connectivity index (χ0n) is 17.4. The predicted octanol–water partition coefficient (Wildman–Crippen LogP) is 3.55. The molecule has 1 saturated heterocycles. The van der Waals surface area contributed by atoms with Gasteiger partial charge in [-0.25, -0.2) is 9.37 Å². The van der Waals surface area contributed by atoms with Gasteiger partial charge >= 0.3 is 0 Å². The molecular formula is C22H30FN5O. The van der Waals surface area contributed by atoms with E-state index in [0.717, 1.165) is 37.5 Å². The first-order valence-electron chi connectivity index (χ1n) is 10.1. The summed E-state index contributed by atoms with van der Waals surface area (Å²) in [5.74, 6) is 1.29. The van der Waals surface area contributed by atoms with Crippen molar-refractivity contribution in [1.29, 1.82) is 0 Å². The Hall–Kier alpha value is -2.67. The number of rotatable bonds is 6. The lowest BCUT2D eigenvalue weighted by molar-refractivity contribution is 0.167. The first-order chi connectivity index (χ1) is 14.0. The summed E-state index contributed by atoms with van der Waals surface area (Å²) in [4.78, 5) is 11.1. The van der Waals surface area contributed by atoms with Crippen molar-refractivity contribution < 1.29 is 9.13 Å².